The number of hydrogen-bond donors (Lipinski definition) is 2. The third-order valence-electron chi connectivity index (χ3n) is 3.70. The maximum atomic E-state index is 12.5. The topological polar surface area (TPSA) is 115 Å². The quantitative estimate of drug-likeness (QED) is 0.615. The smallest absolute Gasteiger partial charge is 0.337 e. The zero-order valence-corrected chi connectivity index (χ0v) is 15.5. The fourth-order valence-electron chi connectivity index (χ4n) is 2.36. The molecule has 0 aliphatic rings. The molecule has 0 aliphatic carbocycles. The minimum atomic E-state index is -3.88. The molecule has 0 bridgehead atoms. The van der Waals surface area contributed by atoms with E-state index < -0.39 is 21.9 Å². The summed E-state index contributed by atoms with van der Waals surface area (Å²) in [7, 11) is -2.64. The van der Waals surface area contributed by atoms with Crippen molar-refractivity contribution >= 4 is 33.3 Å². The third kappa shape index (κ3) is 4.38. The SMILES string of the molecule is COC(=O)c1ccc(S(=O)(=O)Nc2cccc(NC(=O)c3ccco3)c2)cc1. The van der Waals surface area contributed by atoms with Gasteiger partial charge in [0.15, 0.2) is 5.76 Å². The van der Waals surface area contributed by atoms with E-state index in [0.717, 1.165) is 0 Å². The lowest BCUT2D eigenvalue weighted by Gasteiger charge is -2.10. The zero-order chi connectivity index (χ0) is 20.1. The van der Waals surface area contributed by atoms with Gasteiger partial charge in [-0.15, -0.1) is 0 Å². The lowest BCUT2D eigenvalue weighted by molar-refractivity contribution is 0.0600. The minimum Gasteiger partial charge on any atom is -0.465 e. The Morgan fingerprint density at radius 3 is 2.32 bits per heavy atom. The first-order valence-corrected chi connectivity index (χ1v) is 9.53. The van der Waals surface area contributed by atoms with Gasteiger partial charge in [0, 0.05) is 5.69 Å². The third-order valence-corrected chi connectivity index (χ3v) is 5.10. The van der Waals surface area contributed by atoms with E-state index in [1.807, 2.05) is 0 Å². The van der Waals surface area contributed by atoms with Crippen LogP contribution in [0.15, 0.2) is 76.2 Å². The molecule has 0 atom stereocenters. The molecule has 0 aliphatic heterocycles. The maximum Gasteiger partial charge on any atom is 0.337 e. The van der Waals surface area contributed by atoms with Crippen molar-refractivity contribution in [3.63, 3.8) is 0 Å². The van der Waals surface area contributed by atoms with Crippen LogP contribution in [0.4, 0.5) is 11.4 Å². The number of nitrogens with one attached hydrogen (secondary N) is 2. The van der Waals surface area contributed by atoms with Crippen molar-refractivity contribution in [3.05, 3.63) is 78.3 Å². The molecule has 1 heterocycles. The molecule has 28 heavy (non-hydrogen) atoms. The number of sulfonamides is 1. The summed E-state index contributed by atoms with van der Waals surface area (Å²) in [6.45, 7) is 0. The van der Waals surface area contributed by atoms with Gasteiger partial charge in [-0.25, -0.2) is 13.2 Å². The number of benzene rings is 2. The van der Waals surface area contributed by atoms with Gasteiger partial charge in [0.2, 0.25) is 0 Å². The molecule has 0 spiro atoms. The number of anilines is 2. The van der Waals surface area contributed by atoms with E-state index in [2.05, 4.69) is 14.8 Å². The van der Waals surface area contributed by atoms with E-state index in [9.17, 15) is 18.0 Å². The summed E-state index contributed by atoms with van der Waals surface area (Å²) in [5, 5.41) is 2.62. The fraction of sp³-hybridized carbons (Fsp3) is 0.0526. The average Bonchev–Trinajstić information content (AvgIpc) is 3.22. The zero-order valence-electron chi connectivity index (χ0n) is 14.7. The highest BCUT2D eigenvalue weighted by atomic mass is 32.2. The van der Waals surface area contributed by atoms with Gasteiger partial charge in [-0.05, 0) is 54.6 Å². The predicted molar refractivity (Wildman–Crippen MR) is 102 cm³/mol. The highest BCUT2D eigenvalue weighted by Crippen LogP contribution is 2.20. The van der Waals surface area contributed by atoms with Gasteiger partial charge in [-0.1, -0.05) is 6.07 Å². The molecular weight excluding hydrogens is 384 g/mol. The number of ether oxygens (including phenoxy) is 1. The van der Waals surface area contributed by atoms with Gasteiger partial charge in [0.05, 0.1) is 29.5 Å². The highest BCUT2D eigenvalue weighted by molar-refractivity contribution is 7.92. The van der Waals surface area contributed by atoms with E-state index in [-0.39, 0.29) is 21.9 Å². The number of esters is 1. The molecule has 2 aromatic carbocycles. The van der Waals surface area contributed by atoms with Crippen LogP contribution in [0.2, 0.25) is 0 Å². The second-order valence-corrected chi connectivity index (χ2v) is 7.32. The molecule has 8 nitrogen and oxygen atoms in total. The first-order chi connectivity index (χ1) is 13.4. The molecule has 3 aromatic rings. The first kappa shape index (κ1) is 19.2. The lowest BCUT2D eigenvalue weighted by atomic mass is 10.2. The van der Waals surface area contributed by atoms with E-state index in [0.29, 0.717) is 5.69 Å². The van der Waals surface area contributed by atoms with E-state index in [1.165, 1.54) is 49.8 Å². The Bertz CT molecular complexity index is 1090. The van der Waals surface area contributed by atoms with Crippen LogP contribution in [-0.4, -0.2) is 27.4 Å². The van der Waals surface area contributed by atoms with Gasteiger partial charge < -0.3 is 14.5 Å². The van der Waals surface area contributed by atoms with Crippen LogP contribution in [0, 0.1) is 0 Å². The molecule has 144 valence electrons. The van der Waals surface area contributed by atoms with Gasteiger partial charge in [0.1, 0.15) is 0 Å². The predicted octanol–water partition coefficient (Wildman–Crippen LogP) is 3.12. The summed E-state index contributed by atoms with van der Waals surface area (Å²) in [5.41, 5.74) is 0.890. The second kappa shape index (κ2) is 7.97. The molecule has 0 unspecified atom stereocenters. The summed E-state index contributed by atoms with van der Waals surface area (Å²) in [6, 6.07) is 14.7. The standard InChI is InChI=1S/C19H16N2O6S/c1-26-19(23)13-7-9-16(10-8-13)28(24,25)21-15-5-2-4-14(12-15)20-18(22)17-6-3-11-27-17/h2-12,21H,1H3,(H,20,22). The molecule has 1 amide bonds. The van der Waals surface area contributed by atoms with Crippen LogP contribution in [0.5, 0.6) is 0 Å². The number of methoxy groups -OCH3 is 1. The fourth-order valence-corrected chi connectivity index (χ4v) is 3.41. The summed E-state index contributed by atoms with van der Waals surface area (Å²) >= 11 is 0. The highest BCUT2D eigenvalue weighted by Gasteiger charge is 2.16. The van der Waals surface area contributed by atoms with Gasteiger partial charge >= 0.3 is 5.97 Å². The van der Waals surface area contributed by atoms with E-state index in [4.69, 9.17) is 4.42 Å². The normalized spacial score (nSPS) is 10.9. The van der Waals surface area contributed by atoms with Crippen LogP contribution in [0.1, 0.15) is 20.9 Å². The van der Waals surface area contributed by atoms with Crippen LogP contribution >= 0.6 is 0 Å². The van der Waals surface area contributed by atoms with Gasteiger partial charge in [-0.2, -0.15) is 0 Å². The molecule has 0 radical (unpaired) electrons. The summed E-state index contributed by atoms with van der Waals surface area (Å²) < 4.78 is 37.1. The molecule has 0 saturated carbocycles. The van der Waals surface area contributed by atoms with Crippen LogP contribution in [0.3, 0.4) is 0 Å². The first-order valence-electron chi connectivity index (χ1n) is 8.05. The Kier molecular flexibility index (Phi) is 5.46. The Hall–Kier alpha value is -3.59. The molecule has 0 fully saturated rings. The number of carbonyl (C=O) groups is 2. The number of hydrogen-bond acceptors (Lipinski definition) is 6. The minimum absolute atomic E-state index is 0.0230. The molecule has 3 rings (SSSR count). The van der Waals surface area contributed by atoms with Gasteiger partial charge in [0.25, 0.3) is 15.9 Å². The van der Waals surface area contributed by atoms with Crippen molar-refractivity contribution in [1.29, 1.82) is 0 Å². The molecule has 2 N–H and O–H groups in total. The monoisotopic (exact) mass is 400 g/mol. The van der Waals surface area contributed by atoms with Crippen molar-refractivity contribution in [2.45, 2.75) is 4.90 Å². The van der Waals surface area contributed by atoms with E-state index >= 15 is 0 Å². The van der Waals surface area contributed by atoms with Gasteiger partial charge in [-0.3, -0.25) is 9.52 Å². The second-order valence-electron chi connectivity index (χ2n) is 5.63. The van der Waals surface area contributed by atoms with Crippen molar-refractivity contribution in [1.82, 2.24) is 0 Å². The molecular formula is C19H16N2O6S. The average molecular weight is 400 g/mol. The Morgan fingerprint density at radius 1 is 0.964 bits per heavy atom. The maximum absolute atomic E-state index is 12.5. The Labute approximate surface area is 161 Å². The van der Waals surface area contributed by atoms with Crippen molar-refractivity contribution in [2.75, 3.05) is 17.1 Å². The number of carbonyl (C=O) groups excluding carboxylic acids is 2. The van der Waals surface area contributed by atoms with Crippen molar-refractivity contribution in [2.24, 2.45) is 0 Å². The summed E-state index contributed by atoms with van der Waals surface area (Å²) in [5.74, 6) is -0.878. The number of furan rings is 1. The summed E-state index contributed by atoms with van der Waals surface area (Å²) in [6.07, 6.45) is 1.38. The van der Waals surface area contributed by atoms with E-state index in [1.54, 1.807) is 24.3 Å². The molecule has 9 heteroatoms. The number of amides is 1. The van der Waals surface area contributed by atoms with Crippen molar-refractivity contribution in [3.8, 4) is 0 Å². The molecule has 1 aromatic heterocycles. The lowest BCUT2D eigenvalue weighted by Crippen LogP contribution is -2.14. The Balaban J connectivity index is 1.75. The van der Waals surface area contributed by atoms with Crippen LogP contribution in [-0.2, 0) is 14.8 Å². The Morgan fingerprint density at radius 2 is 1.68 bits per heavy atom. The summed E-state index contributed by atoms with van der Waals surface area (Å²) in [4.78, 5) is 23.4. The van der Waals surface area contributed by atoms with Crippen LogP contribution in [0.25, 0.3) is 0 Å². The molecule has 0 saturated heterocycles. The van der Waals surface area contributed by atoms with Crippen LogP contribution < -0.4 is 10.0 Å². The van der Waals surface area contributed by atoms with Crippen molar-refractivity contribution < 1.29 is 27.2 Å². The number of rotatable bonds is 6. The largest absolute Gasteiger partial charge is 0.465 e.